The minimum absolute atomic E-state index is 0.0525. The van der Waals surface area contributed by atoms with E-state index in [1.807, 2.05) is 36.1 Å². The smallest absolute Gasteiger partial charge is 0.322 e. The molecule has 4 rings (SSSR count). The van der Waals surface area contributed by atoms with Gasteiger partial charge in [-0.15, -0.1) is 0 Å². The summed E-state index contributed by atoms with van der Waals surface area (Å²) in [5.41, 5.74) is 4.47. The van der Waals surface area contributed by atoms with Gasteiger partial charge in [-0.25, -0.2) is 9.78 Å². The van der Waals surface area contributed by atoms with Gasteiger partial charge in [0.1, 0.15) is 5.82 Å². The SMILES string of the molecule is Cc1ccc(Cc2nsc(N3CCN(C(=O)Nc4ccc(C)cc4)[C@H](C)C3)n2)cc1. The number of hydrogen-bond donors (Lipinski definition) is 1. The topological polar surface area (TPSA) is 61.4 Å². The maximum atomic E-state index is 12.7. The molecule has 2 heterocycles. The summed E-state index contributed by atoms with van der Waals surface area (Å²) in [6.45, 7) is 8.36. The van der Waals surface area contributed by atoms with Crippen molar-refractivity contribution in [3.05, 3.63) is 71.0 Å². The van der Waals surface area contributed by atoms with Gasteiger partial charge >= 0.3 is 6.03 Å². The van der Waals surface area contributed by atoms with Crippen LogP contribution in [0.4, 0.5) is 15.6 Å². The second kappa shape index (κ2) is 8.83. The largest absolute Gasteiger partial charge is 0.343 e. The predicted octanol–water partition coefficient (Wildman–Crippen LogP) is 4.49. The lowest BCUT2D eigenvalue weighted by atomic mass is 10.1. The predicted molar refractivity (Wildman–Crippen MR) is 122 cm³/mol. The second-order valence-electron chi connectivity index (χ2n) is 7.94. The van der Waals surface area contributed by atoms with E-state index in [9.17, 15) is 4.79 Å². The van der Waals surface area contributed by atoms with Crippen molar-refractivity contribution in [1.82, 2.24) is 14.3 Å². The number of carbonyl (C=O) groups excluding carboxylic acids is 1. The van der Waals surface area contributed by atoms with Crippen molar-refractivity contribution in [3.8, 4) is 0 Å². The Bertz CT molecular complexity index is 999. The zero-order valence-electron chi connectivity index (χ0n) is 17.6. The van der Waals surface area contributed by atoms with E-state index in [-0.39, 0.29) is 12.1 Å². The molecule has 30 heavy (non-hydrogen) atoms. The van der Waals surface area contributed by atoms with Crippen LogP contribution in [0.15, 0.2) is 48.5 Å². The molecule has 1 fully saturated rings. The summed E-state index contributed by atoms with van der Waals surface area (Å²) in [5.74, 6) is 0.853. The number of nitrogens with zero attached hydrogens (tertiary/aromatic N) is 4. The first-order valence-electron chi connectivity index (χ1n) is 10.3. The van der Waals surface area contributed by atoms with E-state index in [0.29, 0.717) is 6.54 Å². The van der Waals surface area contributed by atoms with Gasteiger partial charge in [0.2, 0.25) is 5.13 Å². The van der Waals surface area contributed by atoms with Crippen LogP contribution in [0.25, 0.3) is 0 Å². The summed E-state index contributed by atoms with van der Waals surface area (Å²) < 4.78 is 4.55. The van der Waals surface area contributed by atoms with Crippen LogP contribution in [0.3, 0.4) is 0 Å². The van der Waals surface area contributed by atoms with E-state index < -0.39 is 0 Å². The van der Waals surface area contributed by atoms with Crippen LogP contribution in [0.2, 0.25) is 0 Å². The van der Waals surface area contributed by atoms with Crippen LogP contribution in [0.1, 0.15) is 29.4 Å². The first-order chi connectivity index (χ1) is 14.5. The fraction of sp³-hybridized carbons (Fsp3) is 0.348. The van der Waals surface area contributed by atoms with Crippen molar-refractivity contribution in [1.29, 1.82) is 0 Å². The summed E-state index contributed by atoms with van der Waals surface area (Å²) in [6, 6.07) is 16.4. The number of urea groups is 1. The van der Waals surface area contributed by atoms with Gasteiger partial charge in [0.05, 0.1) is 0 Å². The lowest BCUT2D eigenvalue weighted by molar-refractivity contribution is 0.185. The fourth-order valence-electron chi connectivity index (χ4n) is 3.60. The van der Waals surface area contributed by atoms with Gasteiger partial charge in [0.15, 0.2) is 0 Å². The highest BCUT2D eigenvalue weighted by Gasteiger charge is 2.29. The maximum Gasteiger partial charge on any atom is 0.322 e. The van der Waals surface area contributed by atoms with Crippen LogP contribution < -0.4 is 10.2 Å². The van der Waals surface area contributed by atoms with Gasteiger partial charge in [0, 0.05) is 49.3 Å². The molecule has 6 nitrogen and oxygen atoms in total. The Kier molecular flexibility index (Phi) is 5.99. The lowest BCUT2D eigenvalue weighted by Gasteiger charge is -2.39. The van der Waals surface area contributed by atoms with E-state index >= 15 is 0 Å². The van der Waals surface area contributed by atoms with E-state index in [4.69, 9.17) is 4.98 Å². The fourth-order valence-corrected chi connectivity index (χ4v) is 4.32. The van der Waals surface area contributed by atoms with Gasteiger partial charge in [0.25, 0.3) is 0 Å². The quantitative estimate of drug-likeness (QED) is 0.674. The average molecular weight is 422 g/mol. The maximum absolute atomic E-state index is 12.7. The molecule has 2 aromatic carbocycles. The van der Waals surface area contributed by atoms with Gasteiger partial charge in [-0.2, -0.15) is 4.37 Å². The summed E-state index contributed by atoms with van der Waals surface area (Å²) in [6.07, 6.45) is 0.741. The van der Waals surface area contributed by atoms with E-state index in [1.165, 1.54) is 28.2 Å². The van der Waals surface area contributed by atoms with Crippen LogP contribution in [0, 0.1) is 13.8 Å². The van der Waals surface area contributed by atoms with Gasteiger partial charge in [-0.1, -0.05) is 47.5 Å². The molecule has 1 N–H and O–H groups in total. The molecular formula is C23H27N5OS. The standard InChI is InChI=1S/C23H27N5OS/c1-16-4-8-19(9-5-16)14-21-25-23(30-26-21)27-12-13-28(18(3)15-27)22(29)24-20-10-6-17(2)7-11-20/h4-11,18H,12-15H2,1-3H3,(H,24,29)/t18-/m1/s1. The molecule has 7 heteroatoms. The minimum atomic E-state index is -0.0525. The molecule has 1 atom stereocenters. The summed E-state index contributed by atoms with van der Waals surface area (Å²) in [4.78, 5) is 21.6. The molecule has 1 aliphatic rings. The third-order valence-corrected chi connectivity index (χ3v) is 6.22. The summed E-state index contributed by atoms with van der Waals surface area (Å²) >= 11 is 1.44. The molecule has 1 aromatic heterocycles. The van der Waals surface area contributed by atoms with Crippen LogP contribution in [0.5, 0.6) is 0 Å². The number of amides is 2. The summed E-state index contributed by atoms with van der Waals surface area (Å²) in [7, 11) is 0. The zero-order valence-corrected chi connectivity index (χ0v) is 18.4. The van der Waals surface area contributed by atoms with Crippen molar-refractivity contribution in [2.75, 3.05) is 29.9 Å². The Morgan fingerprint density at radius 3 is 2.40 bits per heavy atom. The van der Waals surface area contributed by atoms with Crippen LogP contribution >= 0.6 is 11.5 Å². The zero-order chi connectivity index (χ0) is 21.1. The van der Waals surface area contributed by atoms with Crippen molar-refractivity contribution in [2.24, 2.45) is 0 Å². The molecule has 2 amide bonds. The molecule has 0 aliphatic carbocycles. The lowest BCUT2D eigenvalue weighted by Crippen LogP contribution is -2.55. The number of aryl methyl sites for hydroxylation is 2. The van der Waals surface area contributed by atoms with E-state index in [1.54, 1.807) is 0 Å². The van der Waals surface area contributed by atoms with Gasteiger partial charge in [-0.3, -0.25) is 0 Å². The third-order valence-electron chi connectivity index (χ3n) is 5.40. The number of hydrogen-bond acceptors (Lipinski definition) is 5. The molecule has 1 saturated heterocycles. The molecule has 1 aliphatic heterocycles. The van der Waals surface area contributed by atoms with E-state index in [2.05, 4.69) is 52.7 Å². The molecule has 0 spiro atoms. The van der Waals surface area contributed by atoms with Crippen molar-refractivity contribution in [3.63, 3.8) is 0 Å². The van der Waals surface area contributed by atoms with Gasteiger partial charge in [-0.05, 0) is 38.5 Å². The van der Waals surface area contributed by atoms with Gasteiger partial charge < -0.3 is 15.1 Å². The molecule has 0 radical (unpaired) electrons. The molecule has 0 unspecified atom stereocenters. The molecule has 0 bridgehead atoms. The molecule has 0 saturated carbocycles. The Hall–Kier alpha value is -2.93. The summed E-state index contributed by atoms with van der Waals surface area (Å²) in [5, 5.41) is 3.94. The average Bonchev–Trinajstić information content (AvgIpc) is 3.20. The second-order valence-corrected chi connectivity index (χ2v) is 8.67. The number of anilines is 2. The molecule has 156 valence electrons. The highest BCUT2D eigenvalue weighted by molar-refractivity contribution is 7.09. The van der Waals surface area contributed by atoms with Crippen molar-refractivity contribution in [2.45, 2.75) is 33.2 Å². The Balaban J connectivity index is 1.35. The number of aromatic nitrogens is 2. The first kappa shape index (κ1) is 20.3. The highest BCUT2D eigenvalue weighted by Crippen LogP contribution is 2.23. The number of nitrogens with one attached hydrogen (secondary N) is 1. The van der Waals surface area contributed by atoms with Crippen molar-refractivity contribution < 1.29 is 4.79 Å². The Morgan fingerprint density at radius 2 is 1.73 bits per heavy atom. The number of piperazine rings is 1. The van der Waals surface area contributed by atoms with Crippen LogP contribution in [-0.2, 0) is 6.42 Å². The van der Waals surface area contributed by atoms with E-state index in [0.717, 1.165) is 36.2 Å². The Morgan fingerprint density at radius 1 is 1.07 bits per heavy atom. The monoisotopic (exact) mass is 421 g/mol. The molecule has 3 aromatic rings. The minimum Gasteiger partial charge on any atom is -0.343 e. The normalized spacial score (nSPS) is 16.6. The first-order valence-corrected chi connectivity index (χ1v) is 11.0. The van der Waals surface area contributed by atoms with Crippen molar-refractivity contribution >= 4 is 28.4 Å². The third kappa shape index (κ3) is 4.79. The molecular weight excluding hydrogens is 394 g/mol. The number of carbonyl (C=O) groups is 1. The number of benzene rings is 2. The highest BCUT2D eigenvalue weighted by atomic mass is 32.1. The Labute approximate surface area is 181 Å². The van der Waals surface area contributed by atoms with Crippen LogP contribution in [-0.4, -0.2) is 46.0 Å². The number of rotatable bonds is 4.